The average molecular weight is 370 g/mol. The number of carbonyl (C=O) groups excluding carboxylic acids is 1. The van der Waals surface area contributed by atoms with Crippen molar-refractivity contribution in [3.8, 4) is 0 Å². The second-order valence-corrected chi connectivity index (χ2v) is 5.45. The van der Waals surface area contributed by atoms with Crippen LogP contribution in [-0.4, -0.2) is 34.1 Å². The Labute approximate surface area is 150 Å². The molecule has 2 unspecified atom stereocenters. The average Bonchev–Trinajstić information content (AvgIpc) is 3.03. The Kier molecular flexibility index (Phi) is 7.46. The van der Waals surface area contributed by atoms with E-state index in [-0.39, 0.29) is 35.6 Å². The molecular weight excluding hydrogens is 350 g/mol. The molecular formula is C15H20ClN5O4. The highest BCUT2D eigenvalue weighted by atomic mass is 35.5. The number of nitro groups is 1. The number of aromatic nitrogens is 2. The van der Waals surface area contributed by atoms with Crippen molar-refractivity contribution in [2.24, 2.45) is 0 Å². The van der Waals surface area contributed by atoms with Gasteiger partial charge in [0.1, 0.15) is 6.04 Å². The number of nitrogens with one attached hydrogen (secondary N) is 2. The molecule has 1 aromatic heterocycles. The third-order valence-corrected chi connectivity index (χ3v) is 3.50. The van der Waals surface area contributed by atoms with E-state index < -0.39 is 16.9 Å². The lowest BCUT2D eigenvalue weighted by molar-refractivity contribution is -0.384. The number of non-ortho nitro benzene ring substituents is 1. The number of hydrogen-bond acceptors (Lipinski definition) is 7. The number of likely N-dealkylation sites (N-methyl/N-ethyl adjacent to an activating group) is 1. The zero-order chi connectivity index (χ0) is 17.7. The molecule has 0 radical (unpaired) electrons. The van der Waals surface area contributed by atoms with E-state index in [0.29, 0.717) is 12.2 Å². The van der Waals surface area contributed by atoms with Crippen LogP contribution in [0.3, 0.4) is 0 Å². The fraction of sp³-hybridized carbons (Fsp3) is 0.400. The maximum absolute atomic E-state index is 12.2. The summed E-state index contributed by atoms with van der Waals surface area (Å²) in [6.45, 7) is 3.69. The summed E-state index contributed by atoms with van der Waals surface area (Å²) in [7, 11) is 1.84. The third-order valence-electron chi connectivity index (χ3n) is 3.50. The number of amides is 1. The molecule has 10 heteroatoms. The molecule has 0 saturated carbocycles. The topological polar surface area (TPSA) is 123 Å². The van der Waals surface area contributed by atoms with Crippen molar-refractivity contribution in [2.45, 2.75) is 32.4 Å². The molecule has 2 N–H and O–H groups in total. The van der Waals surface area contributed by atoms with Gasteiger partial charge in [-0.25, -0.2) is 0 Å². The van der Waals surface area contributed by atoms with Crippen molar-refractivity contribution in [1.82, 2.24) is 20.8 Å². The lowest BCUT2D eigenvalue weighted by Crippen LogP contribution is -2.27. The van der Waals surface area contributed by atoms with Gasteiger partial charge in [-0.2, -0.15) is 4.98 Å². The number of carbonyl (C=O) groups is 1. The van der Waals surface area contributed by atoms with Gasteiger partial charge in [-0.3, -0.25) is 14.9 Å². The van der Waals surface area contributed by atoms with Crippen molar-refractivity contribution in [3.63, 3.8) is 0 Å². The van der Waals surface area contributed by atoms with Gasteiger partial charge in [0.25, 0.3) is 11.6 Å². The van der Waals surface area contributed by atoms with Crippen LogP contribution in [0.5, 0.6) is 0 Å². The van der Waals surface area contributed by atoms with Gasteiger partial charge in [0.05, 0.1) is 4.92 Å². The number of hydrogen-bond donors (Lipinski definition) is 2. The van der Waals surface area contributed by atoms with Crippen LogP contribution in [0.25, 0.3) is 0 Å². The quantitative estimate of drug-likeness (QED) is 0.565. The highest BCUT2D eigenvalue weighted by molar-refractivity contribution is 5.94. The molecule has 25 heavy (non-hydrogen) atoms. The van der Waals surface area contributed by atoms with E-state index in [2.05, 4.69) is 20.8 Å². The first-order valence-corrected chi connectivity index (χ1v) is 7.45. The van der Waals surface area contributed by atoms with Gasteiger partial charge < -0.3 is 15.2 Å². The summed E-state index contributed by atoms with van der Waals surface area (Å²) in [4.78, 5) is 26.7. The first-order chi connectivity index (χ1) is 11.4. The Morgan fingerprint density at radius 2 is 2.12 bits per heavy atom. The minimum Gasteiger partial charge on any atom is -0.341 e. The molecule has 0 bridgehead atoms. The minimum absolute atomic E-state index is 0. The molecule has 9 nitrogen and oxygen atoms in total. The molecule has 1 heterocycles. The van der Waals surface area contributed by atoms with Crippen LogP contribution < -0.4 is 10.6 Å². The number of benzene rings is 1. The van der Waals surface area contributed by atoms with Gasteiger partial charge in [-0.05, 0) is 27.0 Å². The number of nitro benzene ring substituents is 1. The molecule has 0 aliphatic carbocycles. The van der Waals surface area contributed by atoms with E-state index in [9.17, 15) is 14.9 Å². The second kappa shape index (κ2) is 9.09. The fourth-order valence-electron chi connectivity index (χ4n) is 2.00. The smallest absolute Gasteiger partial charge is 0.270 e. The maximum atomic E-state index is 12.2. The minimum atomic E-state index is -0.548. The van der Waals surface area contributed by atoms with Crippen LogP contribution in [0, 0.1) is 10.1 Å². The predicted molar refractivity (Wildman–Crippen MR) is 92.7 cm³/mol. The Morgan fingerprint density at radius 1 is 1.40 bits per heavy atom. The fourth-order valence-corrected chi connectivity index (χ4v) is 2.00. The molecule has 0 fully saturated rings. The zero-order valence-electron chi connectivity index (χ0n) is 14.1. The van der Waals surface area contributed by atoms with Crippen molar-refractivity contribution < 1.29 is 14.2 Å². The number of halogens is 1. The highest BCUT2D eigenvalue weighted by Gasteiger charge is 2.19. The van der Waals surface area contributed by atoms with Crippen molar-refractivity contribution in [1.29, 1.82) is 0 Å². The molecule has 2 aromatic rings. The van der Waals surface area contributed by atoms with Gasteiger partial charge in [-0.1, -0.05) is 11.2 Å². The normalized spacial score (nSPS) is 12.8. The molecule has 1 amide bonds. The highest BCUT2D eigenvalue weighted by Crippen LogP contribution is 2.15. The first-order valence-electron chi connectivity index (χ1n) is 7.45. The third kappa shape index (κ3) is 5.50. The Bertz CT molecular complexity index is 736. The Hall–Kier alpha value is -2.52. The zero-order valence-corrected chi connectivity index (χ0v) is 14.9. The SMILES string of the molecule is CNC(C)Cc1noc(C(C)NC(=O)c2cccc([N+](=O)[O-])c2)n1.Cl. The molecule has 1 aromatic carbocycles. The molecule has 0 saturated heterocycles. The van der Waals surface area contributed by atoms with Crippen LogP contribution in [0.15, 0.2) is 28.8 Å². The summed E-state index contributed by atoms with van der Waals surface area (Å²) in [6.07, 6.45) is 0.603. The molecule has 0 spiro atoms. The van der Waals surface area contributed by atoms with E-state index in [1.165, 1.54) is 24.3 Å². The largest absolute Gasteiger partial charge is 0.341 e. The van der Waals surface area contributed by atoms with E-state index in [4.69, 9.17) is 4.52 Å². The van der Waals surface area contributed by atoms with Crippen LogP contribution >= 0.6 is 12.4 Å². The van der Waals surface area contributed by atoms with Crippen LogP contribution in [-0.2, 0) is 6.42 Å². The summed E-state index contributed by atoms with van der Waals surface area (Å²) >= 11 is 0. The number of nitrogens with zero attached hydrogens (tertiary/aromatic N) is 3. The van der Waals surface area contributed by atoms with Gasteiger partial charge in [0, 0.05) is 30.2 Å². The molecule has 136 valence electrons. The molecule has 2 rings (SSSR count). The molecule has 0 aliphatic heterocycles. The van der Waals surface area contributed by atoms with E-state index in [1.54, 1.807) is 6.92 Å². The van der Waals surface area contributed by atoms with Crippen molar-refractivity contribution >= 4 is 24.0 Å². The van der Waals surface area contributed by atoms with Crippen LogP contribution in [0.2, 0.25) is 0 Å². The van der Waals surface area contributed by atoms with Gasteiger partial charge in [0.15, 0.2) is 5.82 Å². The summed E-state index contributed by atoms with van der Waals surface area (Å²) in [5, 5.41) is 20.4. The standard InChI is InChI=1S/C15H19N5O4.ClH/c1-9(16-3)7-13-18-15(24-19-13)10(2)17-14(21)11-5-4-6-12(8-11)20(22)23;/h4-6,8-10,16H,7H2,1-3H3,(H,17,21);1H. The van der Waals surface area contributed by atoms with E-state index in [0.717, 1.165) is 0 Å². The van der Waals surface area contributed by atoms with Gasteiger partial charge in [-0.15, -0.1) is 12.4 Å². The first kappa shape index (κ1) is 20.5. The van der Waals surface area contributed by atoms with Crippen molar-refractivity contribution in [3.05, 3.63) is 51.7 Å². The Balaban J connectivity index is 0.00000312. The van der Waals surface area contributed by atoms with Gasteiger partial charge >= 0.3 is 0 Å². The summed E-state index contributed by atoms with van der Waals surface area (Å²) in [5.41, 5.74) is 0.0519. The van der Waals surface area contributed by atoms with Gasteiger partial charge in [0.2, 0.25) is 5.89 Å². The second-order valence-electron chi connectivity index (χ2n) is 5.45. The van der Waals surface area contributed by atoms with Crippen molar-refractivity contribution in [2.75, 3.05) is 7.05 Å². The molecule has 2 atom stereocenters. The van der Waals surface area contributed by atoms with Crippen LogP contribution in [0.1, 0.15) is 42.0 Å². The van der Waals surface area contributed by atoms with E-state index >= 15 is 0 Å². The predicted octanol–water partition coefficient (Wildman–Crippen LogP) is 2.04. The Morgan fingerprint density at radius 3 is 2.76 bits per heavy atom. The lowest BCUT2D eigenvalue weighted by atomic mass is 10.2. The maximum Gasteiger partial charge on any atom is 0.270 e. The summed E-state index contributed by atoms with van der Waals surface area (Å²) in [5.74, 6) is 0.380. The van der Waals surface area contributed by atoms with E-state index in [1.807, 2.05) is 14.0 Å². The monoisotopic (exact) mass is 369 g/mol. The summed E-state index contributed by atoms with van der Waals surface area (Å²) in [6, 6.07) is 5.20. The summed E-state index contributed by atoms with van der Waals surface area (Å²) < 4.78 is 5.16. The molecule has 0 aliphatic rings. The number of rotatable bonds is 7. The van der Waals surface area contributed by atoms with Crippen LogP contribution in [0.4, 0.5) is 5.69 Å². The lowest BCUT2D eigenvalue weighted by Gasteiger charge is -2.09.